The summed E-state index contributed by atoms with van der Waals surface area (Å²) in [4.78, 5) is 4.66. The highest BCUT2D eigenvalue weighted by molar-refractivity contribution is 7.99. The lowest BCUT2D eigenvalue weighted by atomic mass is 10.2. The number of methoxy groups -OCH3 is 1. The first-order valence-corrected chi connectivity index (χ1v) is 9.35. The molecule has 1 N–H and O–H groups in total. The van der Waals surface area contributed by atoms with E-state index in [1.165, 1.54) is 24.9 Å². The number of aromatic nitrogens is 3. The zero-order valence-corrected chi connectivity index (χ0v) is 15.2. The molecule has 4 nitrogen and oxygen atoms in total. The van der Waals surface area contributed by atoms with E-state index in [1.54, 1.807) is 36.4 Å². The van der Waals surface area contributed by atoms with Gasteiger partial charge in [0.25, 0.3) is 5.76 Å². The molecule has 0 unspecified atom stereocenters. The molecule has 0 saturated heterocycles. The number of benzene rings is 2. The van der Waals surface area contributed by atoms with E-state index in [9.17, 15) is 13.2 Å². The number of hydrogen-bond donors (Lipinski definition) is 1. The first-order valence-electron chi connectivity index (χ1n) is 7.48. The molecule has 1 aromatic heterocycles. The van der Waals surface area contributed by atoms with Crippen LogP contribution in [0.3, 0.4) is 0 Å². The summed E-state index contributed by atoms with van der Waals surface area (Å²) in [6.45, 7) is 0. The van der Waals surface area contributed by atoms with Gasteiger partial charge in [-0.15, -0.1) is 5.10 Å². The fourth-order valence-electron chi connectivity index (χ4n) is 2.23. The van der Waals surface area contributed by atoms with E-state index in [1.807, 2.05) is 0 Å². The predicted molar refractivity (Wildman–Crippen MR) is 96.2 cm³/mol. The molecule has 0 radical (unpaired) electrons. The van der Waals surface area contributed by atoms with Gasteiger partial charge >= 0.3 is 0 Å². The van der Waals surface area contributed by atoms with Gasteiger partial charge in [0.05, 0.1) is 17.6 Å². The van der Waals surface area contributed by atoms with Crippen molar-refractivity contribution in [2.45, 2.75) is 21.6 Å². The predicted octanol–water partition coefficient (Wildman–Crippen LogP) is 5.23. The van der Waals surface area contributed by atoms with Crippen molar-refractivity contribution in [2.75, 3.05) is 7.11 Å². The highest BCUT2D eigenvalue weighted by Gasteiger charge is 2.13. The number of nitrogens with zero attached hydrogens (tertiary/aromatic N) is 2. The van der Waals surface area contributed by atoms with Crippen molar-refractivity contribution in [3.8, 4) is 17.1 Å². The summed E-state index contributed by atoms with van der Waals surface area (Å²) in [6.07, 6.45) is 0. The summed E-state index contributed by atoms with van der Waals surface area (Å²) in [5.74, 6) is -1.61. The molecule has 3 rings (SSSR count). The molecular weight excluding hydrogens is 383 g/mol. The molecular formula is C17H14F3N3OS2. The van der Waals surface area contributed by atoms with Gasteiger partial charge in [-0.25, -0.2) is 9.37 Å². The third-order valence-corrected chi connectivity index (χ3v) is 5.09. The van der Waals surface area contributed by atoms with Crippen molar-refractivity contribution in [1.29, 1.82) is 0 Å². The van der Waals surface area contributed by atoms with E-state index in [0.29, 0.717) is 44.7 Å². The van der Waals surface area contributed by atoms with Gasteiger partial charge in [-0.05, 0) is 29.8 Å². The lowest BCUT2D eigenvalue weighted by molar-refractivity contribution is 0.251. The van der Waals surface area contributed by atoms with Gasteiger partial charge in [0.1, 0.15) is 11.6 Å². The Morgan fingerprint density at radius 1 is 1.19 bits per heavy atom. The van der Waals surface area contributed by atoms with Crippen molar-refractivity contribution >= 4 is 23.5 Å². The molecule has 0 aliphatic heterocycles. The van der Waals surface area contributed by atoms with Crippen molar-refractivity contribution < 1.29 is 17.9 Å². The van der Waals surface area contributed by atoms with E-state index < -0.39 is 5.76 Å². The number of alkyl halides is 2. The average molecular weight is 397 g/mol. The van der Waals surface area contributed by atoms with Crippen LogP contribution < -0.4 is 4.74 Å². The zero-order valence-electron chi connectivity index (χ0n) is 13.6. The highest BCUT2D eigenvalue weighted by Crippen LogP contribution is 2.35. The second kappa shape index (κ2) is 8.50. The number of ether oxygens (including phenoxy) is 1. The summed E-state index contributed by atoms with van der Waals surface area (Å²) in [6, 6.07) is 11.4. The quantitative estimate of drug-likeness (QED) is 0.554. The van der Waals surface area contributed by atoms with Crippen LogP contribution in [-0.4, -0.2) is 28.0 Å². The largest absolute Gasteiger partial charge is 0.496 e. The van der Waals surface area contributed by atoms with Crippen LogP contribution in [0.5, 0.6) is 5.75 Å². The molecule has 0 saturated carbocycles. The molecule has 0 fully saturated rings. The fraction of sp³-hybridized carbons (Fsp3) is 0.176. The van der Waals surface area contributed by atoms with Gasteiger partial charge in [-0.3, -0.25) is 5.10 Å². The smallest absolute Gasteiger partial charge is 0.289 e. The second-order valence-corrected chi connectivity index (χ2v) is 7.07. The maximum atomic E-state index is 13.8. The van der Waals surface area contributed by atoms with Crippen LogP contribution in [0, 0.1) is 5.82 Å². The van der Waals surface area contributed by atoms with Gasteiger partial charge in [0, 0.05) is 5.75 Å². The Morgan fingerprint density at radius 3 is 2.73 bits per heavy atom. The maximum absolute atomic E-state index is 13.8. The van der Waals surface area contributed by atoms with Crippen molar-refractivity contribution in [3.05, 3.63) is 53.8 Å². The zero-order chi connectivity index (χ0) is 18.5. The first kappa shape index (κ1) is 18.7. The molecule has 1 heterocycles. The molecule has 136 valence electrons. The molecule has 0 bridgehead atoms. The average Bonchev–Trinajstić information content (AvgIpc) is 3.09. The van der Waals surface area contributed by atoms with E-state index in [-0.39, 0.29) is 5.82 Å². The lowest BCUT2D eigenvalue weighted by Gasteiger charge is -2.09. The minimum atomic E-state index is -2.51. The number of nitrogens with one attached hydrogen (secondary N) is 1. The van der Waals surface area contributed by atoms with E-state index >= 15 is 0 Å². The third-order valence-electron chi connectivity index (χ3n) is 3.41. The molecule has 0 aliphatic rings. The monoisotopic (exact) mass is 397 g/mol. The summed E-state index contributed by atoms with van der Waals surface area (Å²) >= 11 is 1.79. The minimum absolute atomic E-state index is 0.349. The number of thioether (sulfide) groups is 2. The van der Waals surface area contributed by atoms with Gasteiger partial charge in [-0.2, -0.15) is 8.78 Å². The summed E-state index contributed by atoms with van der Waals surface area (Å²) in [5.41, 5.74) is 1.23. The van der Waals surface area contributed by atoms with Crippen LogP contribution in [0.2, 0.25) is 0 Å². The number of aromatic amines is 1. The molecule has 2 aromatic carbocycles. The number of rotatable bonds is 7. The Kier molecular flexibility index (Phi) is 6.10. The van der Waals surface area contributed by atoms with E-state index in [2.05, 4.69) is 15.2 Å². The van der Waals surface area contributed by atoms with Crippen LogP contribution in [0.1, 0.15) is 5.56 Å². The van der Waals surface area contributed by atoms with Crippen molar-refractivity contribution in [1.82, 2.24) is 15.2 Å². The minimum Gasteiger partial charge on any atom is -0.496 e. The molecule has 0 amide bonds. The van der Waals surface area contributed by atoms with Gasteiger partial charge in [0.15, 0.2) is 5.82 Å². The van der Waals surface area contributed by atoms with E-state index in [4.69, 9.17) is 4.74 Å². The number of halogens is 3. The van der Waals surface area contributed by atoms with Crippen LogP contribution in [0.15, 0.2) is 52.5 Å². The Labute approximate surface area is 156 Å². The Balaban J connectivity index is 1.69. The third kappa shape index (κ3) is 4.53. The molecule has 0 aliphatic carbocycles. The molecule has 0 atom stereocenters. The Bertz CT molecular complexity index is 889. The lowest BCUT2D eigenvalue weighted by Crippen LogP contribution is -1.91. The number of H-pyrrole nitrogens is 1. The molecule has 9 heteroatoms. The van der Waals surface area contributed by atoms with Crippen LogP contribution in [-0.2, 0) is 5.75 Å². The fourth-order valence-corrected chi connectivity index (χ4v) is 3.57. The summed E-state index contributed by atoms with van der Waals surface area (Å²) in [5, 5.41) is 7.26. The van der Waals surface area contributed by atoms with Crippen LogP contribution in [0.4, 0.5) is 13.2 Å². The molecule has 26 heavy (non-hydrogen) atoms. The van der Waals surface area contributed by atoms with E-state index in [0.717, 1.165) is 5.56 Å². The Morgan fingerprint density at radius 2 is 2.00 bits per heavy atom. The van der Waals surface area contributed by atoms with Gasteiger partial charge in [-0.1, -0.05) is 41.7 Å². The van der Waals surface area contributed by atoms with Gasteiger partial charge < -0.3 is 4.74 Å². The molecule has 3 aromatic rings. The number of hydrogen-bond acceptors (Lipinski definition) is 5. The van der Waals surface area contributed by atoms with Crippen LogP contribution >= 0.6 is 23.5 Å². The van der Waals surface area contributed by atoms with Crippen molar-refractivity contribution in [2.24, 2.45) is 0 Å². The van der Waals surface area contributed by atoms with Crippen molar-refractivity contribution in [3.63, 3.8) is 0 Å². The van der Waals surface area contributed by atoms with Crippen LogP contribution in [0.25, 0.3) is 11.4 Å². The topological polar surface area (TPSA) is 50.8 Å². The first-order chi connectivity index (χ1) is 12.6. The summed E-state index contributed by atoms with van der Waals surface area (Å²) in [7, 11) is 1.44. The second-order valence-electron chi connectivity index (χ2n) is 5.10. The Hall–Kier alpha value is -2.13. The molecule has 0 spiro atoms. The normalized spacial score (nSPS) is 11.1. The highest BCUT2D eigenvalue weighted by atomic mass is 32.2. The standard InChI is InChI=1S/C17H14F3N3OS2/c1-24-13-8-10(6-7-14(13)26-16(19)20)9-25-17-21-15(22-23-17)11-4-2-3-5-12(11)18/h2-8,16H,9H2,1H3,(H,21,22,23). The SMILES string of the molecule is COc1cc(CSc2n[nH]c(-c3ccccc3F)n2)ccc1SC(F)F. The maximum Gasteiger partial charge on any atom is 0.289 e. The van der Waals surface area contributed by atoms with Gasteiger partial charge in [0.2, 0.25) is 5.16 Å². The summed E-state index contributed by atoms with van der Waals surface area (Å²) < 4.78 is 44.0.